The number of amides is 1. The number of carboxylic acids is 1. The van der Waals surface area contributed by atoms with Gasteiger partial charge in [-0.3, -0.25) is 9.59 Å². The lowest BCUT2D eigenvalue weighted by Gasteiger charge is -2.12. The standard InChI is InChI=1S/C14H16BrNO5/c1-2-3-8(14(18)19)6-16-13(17)9-4-10(15)12-11(5-9)20-7-21-12/h4-5,8H,2-3,6-7H2,1H3,(H,16,17)(H,18,19). The molecule has 1 aromatic rings. The minimum absolute atomic E-state index is 0.105. The average Bonchev–Trinajstić information content (AvgIpc) is 2.91. The third-order valence-corrected chi connectivity index (χ3v) is 3.77. The number of hydrogen-bond donors (Lipinski definition) is 2. The summed E-state index contributed by atoms with van der Waals surface area (Å²) >= 11 is 3.32. The largest absolute Gasteiger partial charge is 0.481 e. The van der Waals surface area contributed by atoms with E-state index < -0.39 is 11.9 Å². The van der Waals surface area contributed by atoms with Crippen molar-refractivity contribution in [2.75, 3.05) is 13.3 Å². The molecule has 1 heterocycles. The highest BCUT2D eigenvalue weighted by atomic mass is 79.9. The number of nitrogens with one attached hydrogen (secondary N) is 1. The number of rotatable bonds is 6. The van der Waals surface area contributed by atoms with Crippen LogP contribution >= 0.6 is 15.9 Å². The summed E-state index contributed by atoms with van der Waals surface area (Å²) in [5, 5.41) is 11.7. The number of aliphatic carboxylic acids is 1. The minimum atomic E-state index is -0.899. The van der Waals surface area contributed by atoms with Crippen LogP contribution in [0.15, 0.2) is 16.6 Å². The molecule has 0 aliphatic carbocycles. The van der Waals surface area contributed by atoms with E-state index in [1.54, 1.807) is 12.1 Å². The molecule has 1 atom stereocenters. The lowest BCUT2D eigenvalue weighted by molar-refractivity contribution is -0.141. The summed E-state index contributed by atoms with van der Waals surface area (Å²) in [5.41, 5.74) is 0.395. The van der Waals surface area contributed by atoms with Gasteiger partial charge in [-0.25, -0.2) is 0 Å². The van der Waals surface area contributed by atoms with Crippen molar-refractivity contribution in [3.63, 3.8) is 0 Å². The molecule has 2 rings (SSSR count). The Morgan fingerprint density at radius 3 is 2.86 bits per heavy atom. The predicted molar refractivity (Wildman–Crippen MR) is 78.6 cm³/mol. The van der Waals surface area contributed by atoms with Crippen molar-refractivity contribution >= 4 is 27.8 Å². The van der Waals surface area contributed by atoms with Crippen LogP contribution in [0.4, 0.5) is 0 Å². The maximum Gasteiger partial charge on any atom is 0.308 e. The summed E-state index contributed by atoms with van der Waals surface area (Å²) in [6.07, 6.45) is 1.28. The van der Waals surface area contributed by atoms with Crippen molar-refractivity contribution in [1.82, 2.24) is 5.32 Å². The third kappa shape index (κ3) is 3.66. The van der Waals surface area contributed by atoms with E-state index >= 15 is 0 Å². The number of fused-ring (bicyclic) bond motifs is 1. The minimum Gasteiger partial charge on any atom is -0.481 e. The Hall–Kier alpha value is -1.76. The van der Waals surface area contributed by atoms with Crippen LogP contribution in [-0.4, -0.2) is 30.3 Å². The van der Waals surface area contributed by atoms with E-state index in [1.807, 2.05) is 6.92 Å². The highest BCUT2D eigenvalue weighted by Gasteiger charge is 2.22. The molecule has 1 aromatic carbocycles. The van der Waals surface area contributed by atoms with Crippen molar-refractivity contribution in [3.05, 3.63) is 22.2 Å². The monoisotopic (exact) mass is 357 g/mol. The molecule has 1 amide bonds. The second-order valence-electron chi connectivity index (χ2n) is 4.73. The van der Waals surface area contributed by atoms with Crippen LogP contribution in [0.25, 0.3) is 0 Å². The summed E-state index contributed by atoms with van der Waals surface area (Å²) in [6, 6.07) is 3.20. The lowest BCUT2D eigenvalue weighted by Crippen LogP contribution is -2.32. The molecule has 0 aromatic heterocycles. The van der Waals surface area contributed by atoms with E-state index in [2.05, 4.69) is 21.2 Å². The van der Waals surface area contributed by atoms with E-state index in [0.29, 0.717) is 28.0 Å². The Morgan fingerprint density at radius 1 is 1.43 bits per heavy atom. The van der Waals surface area contributed by atoms with Gasteiger partial charge in [0.05, 0.1) is 10.4 Å². The quantitative estimate of drug-likeness (QED) is 0.816. The van der Waals surface area contributed by atoms with Gasteiger partial charge in [-0.2, -0.15) is 0 Å². The molecule has 114 valence electrons. The van der Waals surface area contributed by atoms with Crippen LogP contribution in [0.1, 0.15) is 30.1 Å². The first-order valence-electron chi connectivity index (χ1n) is 6.63. The van der Waals surface area contributed by atoms with Crippen LogP contribution in [0.3, 0.4) is 0 Å². The van der Waals surface area contributed by atoms with Crippen LogP contribution < -0.4 is 14.8 Å². The van der Waals surface area contributed by atoms with Gasteiger partial charge < -0.3 is 19.9 Å². The molecule has 1 unspecified atom stereocenters. The van der Waals surface area contributed by atoms with Crippen molar-refractivity contribution in [1.29, 1.82) is 0 Å². The van der Waals surface area contributed by atoms with E-state index in [1.165, 1.54) is 0 Å². The predicted octanol–water partition coefficient (Wildman–Crippen LogP) is 2.41. The Kier molecular flexibility index (Phi) is 5.06. The van der Waals surface area contributed by atoms with Crippen molar-refractivity contribution in [3.8, 4) is 11.5 Å². The topological polar surface area (TPSA) is 84.9 Å². The Bertz CT molecular complexity index is 561. The van der Waals surface area contributed by atoms with Gasteiger partial charge in [-0.05, 0) is 34.5 Å². The second kappa shape index (κ2) is 6.80. The molecule has 2 N–H and O–H groups in total. The summed E-state index contributed by atoms with van der Waals surface area (Å²) < 4.78 is 11.1. The van der Waals surface area contributed by atoms with Crippen LogP contribution in [-0.2, 0) is 4.79 Å². The summed E-state index contributed by atoms with van der Waals surface area (Å²) in [5.74, 6) is -0.740. The van der Waals surface area contributed by atoms with Gasteiger partial charge in [-0.1, -0.05) is 13.3 Å². The zero-order valence-corrected chi connectivity index (χ0v) is 13.1. The molecule has 0 saturated heterocycles. The fraction of sp³-hybridized carbons (Fsp3) is 0.429. The number of benzene rings is 1. The van der Waals surface area contributed by atoms with Gasteiger partial charge in [0.25, 0.3) is 5.91 Å². The molecule has 1 aliphatic heterocycles. The Balaban J connectivity index is 2.04. The van der Waals surface area contributed by atoms with E-state index in [0.717, 1.165) is 6.42 Å². The van der Waals surface area contributed by atoms with Crippen molar-refractivity contribution in [2.45, 2.75) is 19.8 Å². The molecule has 0 fully saturated rings. The highest BCUT2D eigenvalue weighted by molar-refractivity contribution is 9.10. The van der Waals surface area contributed by atoms with Crippen molar-refractivity contribution in [2.24, 2.45) is 5.92 Å². The average molecular weight is 358 g/mol. The highest BCUT2D eigenvalue weighted by Crippen LogP contribution is 2.39. The first kappa shape index (κ1) is 15.6. The fourth-order valence-electron chi connectivity index (χ4n) is 2.08. The molecule has 0 spiro atoms. The first-order chi connectivity index (χ1) is 10.0. The maximum atomic E-state index is 12.1. The van der Waals surface area contributed by atoms with E-state index in [4.69, 9.17) is 14.6 Å². The van der Waals surface area contributed by atoms with Gasteiger partial charge in [0, 0.05) is 12.1 Å². The van der Waals surface area contributed by atoms with Crippen LogP contribution in [0, 0.1) is 5.92 Å². The van der Waals surface area contributed by atoms with Crippen LogP contribution in [0.2, 0.25) is 0 Å². The zero-order valence-electron chi connectivity index (χ0n) is 11.5. The summed E-state index contributed by atoms with van der Waals surface area (Å²) in [4.78, 5) is 23.2. The maximum absolute atomic E-state index is 12.1. The van der Waals surface area contributed by atoms with Crippen molar-refractivity contribution < 1.29 is 24.2 Å². The molecular weight excluding hydrogens is 342 g/mol. The van der Waals surface area contributed by atoms with E-state index in [-0.39, 0.29) is 19.2 Å². The number of carbonyl (C=O) groups excluding carboxylic acids is 1. The SMILES string of the molecule is CCCC(CNC(=O)c1cc(Br)c2c(c1)OCO2)C(=O)O. The van der Waals surface area contributed by atoms with Gasteiger partial charge in [0.1, 0.15) is 0 Å². The molecule has 1 aliphatic rings. The normalized spacial score (nSPS) is 13.8. The molecule has 0 radical (unpaired) electrons. The second-order valence-corrected chi connectivity index (χ2v) is 5.58. The first-order valence-corrected chi connectivity index (χ1v) is 7.42. The Morgan fingerprint density at radius 2 is 2.19 bits per heavy atom. The molecule has 0 bridgehead atoms. The number of hydrogen-bond acceptors (Lipinski definition) is 4. The summed E-state index contributed by atoms with van der Waals surface area (Å²) in [7, 11) is 0. The number of ether oxygens (including phenoxy) is 2. The number of carbonyl (C=O) groups is 2. The van der Waals surface area contributed by atoms with Gasteiger partial charge in [0.15, 0.2) is 11.5 Å². The van der Waals surface area contributed by atoms with Gasteiger partial charge >= 0.3 is 5.97 Å². The molecular formula is C14H16BrNO5. The summed E-state index contributed by atoms with van der Waals surface area (Å²) in [6.45, 7) is 2.14. The smallest absolute Gasteiger partial charge is 0.308 e. The molecule has 6 nitrogen and oxygen atoms in total. The number of halogens is 1. The van der Waals surface area contributed by atoms with Gasteiger partial charge in [-0.15, -0.1) is 0 Å². The van der Waals surface area contributed by atoms with Gasteiger partial charge in [0.2, 0.25) is 6.79 Å². The Labute approximate surface area is 130 Å². The molecule has 7 heteroatoms. The lowest BCUT2D eigenvalue weighted by atomic mass is 10.0. The molecule has 0 saturated carbocycles. The zero-order chi connectivity index (χ0) is 15.4. The third-order valence-electron chi connectivity index (χ3n) is 3.18. The number of carboxylic acid groups (broad SMARTS) is 1. The van der Waals surface area contributed by atoms with Crippen LogP contribution in [0.5, 0.6) is 11.5 Å². The molecule has 21 heavy (non-hydrogen) atoms. The fourth-order valence-corrected chi connectivity index (χ4v) is 2.63. The van der Waals surface area contributed by atoms with E-state index in [9.17, 15) is 9.59 Å².